The lowest BCUT2D eigenvalue weighted by molar-refractivity contribution is -0.128. The Morgan fingerprint density at radius 2 is 2.39 bits per heavy atom. The molecule has 1 aromatic rings. The number of hydrogen-bond acceptors (Lipinski definition) is 3. The number of carbonyl (C=O) groups is 1. The SMILES string of the molecule is O=C1C[C@@]2(CCCCN2)CN1Cc1cccnc1. The minimum absolute atomic E-state index is 0.0531. The number of rotatable bonds is 2. The van der Waals surface area contributed by atoms with Crippen molar-refractivity contribution in [3.05, 3.63) is 30.1 Å². The van der Waals surface area contributed by atoms with Crippen LogP contribution in [0.3, 0.4) is 0 Å². The monoisotopic (exact) mass is 245 g/mol. The fourth-order valence-corrected chi connectivity index (χ4v) is 3.08. The van der Waals surface area contributed by atoms with Crippen molar-refractivity contribution in [3.8, 4) is 0 Å². The maximum Gasteiger partial charge on any atom is 0.224 e. The van der Waals surface area contributed by atoms with Crippen molar-refractivity contribution < 1.29 is 4.79 Å². The van der Waals surface area contributed by atoms with Crippen LogP contribution in [0.2, 0.25) is 0 Å². The summed E-state index contributed by atoms with van der Waals surface area (Å²) < 4.78 is 0. The number of carbonyl (C=O) groups excluding carboxylic acids is 1. The number of nitrogens with one attached hydrogen (secondary N) is 1. The summed E-state index contributed by atoms with van der Waals surface area (Å²) in [7, 11) is 0. The highest BCUT2D eigenvalue weighted by Gasteiger charge is 2.43. The molecular weight excluding hydrogens is 226 g/mol. The summed E-state index contributed by atoms with van der Waals surface area (Å²) in [6, 6.07) is 3.95. The first-order valence-electron chi connectivity index (χ1n) is 6.69. The molecule has 2 fully saturated rings. The van der Waals surface area contributed by atoms with Crippen LogP contribution in [0.4, 0.5) is 0 Å². The molecule has 4 heteroatoms. The van der Waals surface area contributed by atoms with Crippen molar-refractivity contribution in [2.24, 2.45) is 0 Å². The predicted octanol–water partition coefficient (Wildman–Crippen LogP) is 1.33. The van der Waals surface area contributed by atoms with E-state index >= 15 is 0 Å². The van der Waals surface area contributed by atoms with Gasteiger partial charge in [-0.15, -0.1) is 0 Å². The van der Waals surface area contributed by atoms with Crippen LogP contribution in [0.1, 0.15) is 31.2 Å². The van der Waals surface area contributed by atoms with Crippen LogP contribution in [-0.2, 0) is 11.3 Å². The Morgan fingerprint density at radius 1 is 1.44 bits per heavy atom. The van der Waals surface area contributed by atoms with Crippen molar-refractivity contribution in [3.63, 3.8) is 0 Å². The molecule has 1 aromatic heterocycles. The summed E-state index contributed by atoms with van der Waals surface area (Å²) in [5, 5.41) is 3.56. The summed E-state index contributed by atoms with van der Waals surface area (Å²) in [6.07, 6.45) is 7.86. The van der Waals surface area contributed by atoms with Crippen molar-refractivity contribution >= 4 is 5.91 Å². The summed E-state index contributed by atoms with van der Waals surface area (Å²) in [4.78, 5) is 18.2. The van der Waals surface area contributed by atoms with Crippen molar-refractivity contribution in [2.75, 3.05) is 13.1 Å². The van der Waals surface area contributed by atoms with Gasteiger partial charge in [-0.05, 0) is 31.0 Å². The van der Waals surface area contributed by atoms with Gasteiger partial charge in [-0.3, -0.25) is 9.78 Å². The second kappa shape index (κ2) is 4.69. The molecule has 3 rings (SSSR count). The zero-order valence-corrected chi connectivity index (χ0v) is 10.6. The van der Waals surface area contributed by atoms with Crippen LogP contribution >= 0.6 is 0 Å². The minimum Gasteiger partial charge on any atom is -0.336 e. The standard InChI is InChI=1S/C14H19N3O/c18-13-8-14(5-1-2-7-16-14)11-17(13)10-12-4-3-6-15-9-12/h3-4,6,9,16H,1-2,5,7-8,10-11H2/t14-/m0/s1. The molecule has 0 radical (unpaired) electrons. The maximum atomic E-state index is 12.1. The van der Waals surface area contributed by atoms with E-state index in [1.54, 1.807) is 6.20 Å². The van der Waals surface area contributed by atoms with Gasteiger partial charge in [-0.1, -0.05) is 12.5 Å². The molecule has 2 saturated heterocycles. The molecule has 1 atom stereocenters. The van der Waals surface area contributed by atoms with E-state index < -0.39 is 0 Å². The van der Waals surface area contributed by atoms with Crippen molar-refractivity contribution in [2.45, 2.75) is 37.8 Å². The second-order valence-electron chi connectivity index (χ2n) is 5.45. The third kappa shape index (κ3) is 2.25. The van der Waals surface area contributed by atoms with Gasteiger partial charge in [0.1, 0.15) is 0 Å². The zero-order valence-electron chi connectivity index (χ0n) is 10.6. The molecule has 0 aliphatic carbocycles. The van der Waals surface area contributed by atoms with E-state index in [9.17, 15) is 4.79 Å². The largest absolute Gasteiger partial charge is 0.336 e. The first-order chi connectivity index (χ1) is 8.77. The Hall–Kier alpha value is -1.42. The van der Waals surface area contributed by atoms with E-state index in [0.29, 0.717) is 13.0 Å². The fourth-order valence-electron chi connectivity index (χ4n) is 3.08. The highest BCUT2D eigenvalue weighted by atomic mass is 16.2. The van der Waals surface area contributed by atoms with Gasteiger partial charge in [0.15, 0.2) is 0 Å². The molecular formula is C14H19N3O. The fraction of sp³-hybridized carbons (Fsp3) is 0.571. The van der Waals surface area contributed by atoms with E-state index in [2.05, 4.69) is 10.3 Å². The molecule has 0 unspecified atom stereocenters. The predicted molar refractivity (Wildman–Crippen MR) is 68.9 cm³/mol. The number of hydrogen-bond donors (Lipinski definition) is 1. The average Bonchev–Trinajstić information content (AvgIpc) is 2.68. The Balaban J connectivity index is 1.69. The van der Waals surface area contributed by atoms with E-state index in [-0.39, 0.29) is 11.4 Å². The van der Waals surface area contributed by atoms with Gasteiger partial charge >= 0.3 is 0 Å². The Kier molecular flexibility index (Phi) is 3.04. The van der Waals surface area contributed by atoms with Gasteiger partial charge in [0.25, 0.3) is 0 Å². The quantitative estimate of drug-likeness (QED) is 0.855. The molecule has 1 N–H and O–H groups in total. The van der Waals surface area contributed by atoms with E-state index in [1.807, 2.05) is 23.2 Å². The number of amides is 1. The third-order valence-electron chi connectivity index (χ3n) is 4.01. The van der Waals surface area contributed by atoms with Gasteiger partial charge < -0.3 is 10.2 Å². The third-order valence-corrected chi connectivity index (χ3v) is 4.01. The normalized spacial score (nSPS) is 28.0. The number of aromatic nitrogens is 1. The lowest BCUT2D eigenvalue weighted by Gasteiger charge is -2.34. The average molecular weight is 245 g/mol. The summed E-state index contributed by atoms with van der Waals surface area (Å²) in [6.45, 7) is 2.59. The van der Waals surface area contributed by atoms with Gasteiger partial charge in [0.05, 0.1) is 0 Å². The molecule has 0 bridgehead atoms. The van der Waals surface area contributed by atoms with E-state index in [0.717, 1.165) is 25.1 Å². The van der Waals surface area contributed by atoms with Crippen LogP contribution in [0.5, 0.6) is 0 Å². The van der Waals surface area contributed by atoms with E-state index in [1.165, 1.54) is 12.8 Å². The van der Waals surface area contributed by atoms with E-state index in [4.69, 9.17) is 0 Å². The van der Waals surface area contributed by atoms with Crippen molar-refractivity contribution in [1.29, 1.82) is 0 Å². The summed E-state index contributed by atoms with van der Waals surface area (Å²) >= 11 is 0. The van der Waals surface area contributed by atoms with Crippen molar-refractivity contribution in [1.82, 2.24) is 15.2 Å². The zero-order chi connectivity index (χ0) is 12.4. The highest BCUT2D eigenvalue weighted by Crippen LogP contribution is 2.31. The second-order valence-corrected chi connectivity index (χ2v) is 5.45. The van der Waals surface area contributed by atoms with Crippen LogP contribution in [0.25, 0.3) is 0 Å². The Labute approximate surface area is 107 Å². The molecule has 18 heavy (non-hydrogen) atoms. The topological polar surface area (TPSA) is 45.2 Å². The van der Waals surface area contributed by atoms with Crippen LogP contribution < -0.4 is 5.32 Å². The molecule has 3 heterocycles. The van der Waals surface area contributed by atoms with Crippen LogP contribution in [0.15, 0.2) is 24.5 Å². The summed E-state index contributed by atoms with van der Waals surface area (Å²) in [5.41, 5.74) is 1.16. The van der Waals surface area contributed by atoms with Crippen LogP contribution in [-0.4, -0.2) is 34.4 Å². The smallest absolute Gasteiger partial charge is 0.224 e. The molecule has 1 spiro atoms. The number of likely N-dealkylation sites (tertiary alicyclic amines) is 1. The lowest BCUT2D eigenvalue weighted by atomic mass is 9.88. The van der Waals surface area contributed by atoms with Gasteiger partial charge in [-0.2, -0.15) is 0 Å². The Bertz CT molecular complexity index is 426. The number of nitrogens with zero attached hydrogens (tertiary/aromatic N) is 2. The molecule has 0 aromatic carbocycles. The molecule has 0 saturated carbocycles. The summed E-state index contributed by atoms with van der Waals surface area (Å²) in [5.74, 6) is 0.272. The van der Waals surface area contributed by atoms with Gasteiger partial charge in [0.2, 0.25) is 5.91 Å². The van der Waals surface area contributed by atoms with Crippen LogP contribution in [0, 0.1) is 0 Å². The maximum absolute atomic E-state index is 12.1. The highest BCUT2D eigenvalue weighted by molar-refractivity contribution is 5.80. The van der Waals surface area contributed by atoms with Gasteiger partial charge in [-0.25, -0.2) is 0 Å². The number of piperidine rings is 1. The first kappa shape index (κ1) is 11.7. The minimum atomic E-state index is 0.0531. The molecule has 1 amide bonds. The molecule has 4 nitrogen and oxygen atoms in total. The molecule has 2 aliphatic heterocycles. The first-order valence-corrected chi connectivity index (χ1v) is 6.69. The molecule has 96 valence electrons. The molecule has 2 aliphatic rings. The Morgan fingerprint density at radius 3 is 3.11 bits per heavy atom. The lowest BCUT2D eigenvalue weighted by Crippen LogP contribution is -2.50. The van der Waals surface area contributed by atoms with Gasteiger partial charge in [0, 0.05) is 37.4 Å². The number of pyridine rings is 1.